The molecule has 0 bridgehead atoms. The van der Waals surface area contributed by atoms with Crippen LogP contribution in [-0.4, -0.2) is 4.57 Å². The topological polar surface area (TPSA) is 21.3 Å². The fourth-order valence-corrected chi connectivity index (χ4v) is 9.87. The standard InChI is InChI=1S/C55H38N2O/c1-55(2)46-20-9-5-19-44(46)53-47(55)21-13-25-51(53)57(38-30-28-37(29-31-38)56-49-23-11-7-17-41(49)42-18-8-12-24-50(42)56)48-22-10-6-15-39(48)36-27-33-52-45(34-36)43-32-26-35-14-3-4-16-40(35)54(43)58-52/h3-34H,1-2H3. The Morgan fingerprint density at radius 2 is 1.10 bits per heavy atom. The minimum atomic E-state index is -0.134. The van der Waals surface area contributed by atoms with Crippen LogP contribution in [0.5, 0.6) is 0 Å². The van der Waals surface area contributed by atoms with Crippen LogP contribution in [0, 0.1) is 0 Å². The van der Waals surface area contributed by atoms with E-state index in [1.54, 1.807) is 0 Å². The maximum absolute atomic E-state index is 6.56. The number of rotatable bonds is 5. The molecule has 12 rings (SSSR count). The second kappa shape index (κ2) is 12.3. The molecular formula is C55H38N2O. The highest BCUT2D eigenvalue weighted by Gasteiger charge is 2.38. The smallest absolute Gasteiger partial charge is 0.143 e. The molecular weight excluding hydrogens is 705 g/mol. The number of aromatic nitrogens is 1. The van der Waals surface area contributed by atoms with Crippen molar-refractivity contribution in [2.75, 3.05) is 4.90 Å². The molecule has 1 aliphatic rings. The predicted molar refractivity (Wildman–Crippen MR) is 243 cm³/mol. The van der Waals surface area contributed by atoms with Crippen LogP contribution in [0.15, 0.2) is 199 Å². The van der Waals surface area contributed by atoms with Gasteiger partial charge in [0.1, 0.15) is 11.2 Å². The fraction of sp³-hybridized carbons (Fsp3) is 0.0545. The SMILES string of the molecule is CC1(C)c2ccccc2-c2c(N(c3ccc(-n4c5ccccc5c5ccccc54)cc3)c3ccccc3-c3ccc4oc5c6ccccc6ccc5c4c3)cccc21. The molecule has 0 amide bonds. The van der Waals surface area contributed by atoms with Crippen LogP contribution in [0.3, 0.4) is 0 Å². The van der Waals surface area contributed by atoms with Gasteiger partial charge in [-0.25, -0.2) is 0 Å². The third kappa shape index (κ3) is 4.68. The summed E-state index contributed by atoms with van der Waals surface area (Å²) in [5, 5.41) is 7.08. The molecule has 2 aromatic heterocycles. The number of para-hydroxylation sites is 3. The Labute approximate surface area is 336 Å². The first kappa shape index (κ1) is 32.8. The molecule has 1 aliphatic carbocycles. The third-order valence-corrected chi connectivity index (χ3v) is 12.6. The molecule has 0 saturated heterocycles. The van der Waals surface area contributed by atoms with Crippen molar-refractivity contribution >= 4 is 71.6 Å². The molecule has 0 unspecified atom stereocenters. The molecule has 0 radical (unpaired) electrons. The summed E-state index contributed by atoms with van der Waals surface area (Å²) in [6.07, 6.45) is 0. The number of furan rings is 1. The van der Waals surface area contributed by atoms with Gasteiger partial charge in [-0.2, -0.15) is 0 Å². The Balaban J connectivity index is 1.08. The molecule has 58 heavy (non-hydrogen) atoms. The molecule has 0 fully saturated rings. The Kier molecular flexibility index (Phi) is 6.98. The zero-order valence-electron chi connectivity index (χ0n) is 32.3. The number of hydrogen-bond donors (Lipinski definition) is 0. The molecule has 0 spiro atoms. The third-order valence-electron chi connectivity index (χ3n) is 12.6. The number of nitrogens with zero attached hydrogens (tertiary/aromatic N) is 2. The van der Waals surface area contributed by atoms with E-state index in [4.69, 9.17) is 4.42 Å². The van der Waals surface area contributed by atoms with Crippen LogP contribution in [0.4, 0.5) is 17.1 Å². The first-order valence-corrected chi connectivity index (χ1v) is 20.1. The van der Waals surface area contributed by atoms with E-state index in [0.717, 1.165) is 61.2 Å². The number of fused-ring (bicyclic) bond motifs is 11. The van der Waals surface area contributed by atoms with Gasteiger partial charge in [0, 0.05) is 54.8 Å². The average molecular weight is 743 g/mol. The molecule has 0 atom stereocenters. The minimum absolute atomic E-state index is 0.134. The predicted octanol–water partition coefficient (Wildman–Crippen LogP) is 15.3. The molecule has 0 saturated carbocycles. The van der Waals surface area contributed by atoms with E-state index in [-0.39, 0.29) is 5.41 Å². The minimum Gasteiger partial charge on any atom is -0.455 e. The van der Waals surface area contributed by atoms with Gasteiger partial charge < -0.3 is 13.9 Å². The van der Waals surface area contributed by atoms with Crippen molar-refractivity contribution in [1.82, 2.24) is 4.57 Å². The molecule has 0 aliphatic heterocycles. The molecule has 11 aromatic rings. The zero-order chi connectivity index (χ0) is 38.5. The van der Waals surface area contributed by atoms with E-state index in [2.05, 4.69) is 217 Å². The van der Waals surface area contributed by atoms with Crippen LogP contribution in [-0.2, 0) is 5.41 Å². The largest absolute Gasteiger partial charge is 0.455 e. The van der Waals surface area contributed by atoms with Gasteiger partial charge in [-0.15, -0.1) is 0 Å². The van der Waals surface area contributed by atoms with Gasteiger partial charge >= 0.3 is 0 Å². The first-order chi connectivity index (χ1) is 28.5. The van der Waals surface area contributed by atoms with Crippen LogP contribution in [0.2, 0.25) is 0 Å². The van der Waals surface area contributed by atoms with Gasteiger partial charge in [0.2, 0.25) is 0 Å². The van der Waals surface area contributed by atoms with E-state index >= 15 is 0 Å². The van der Waals surface area contributed by atoms with Crippen LogP contribution < -0.4 is 4.90 Å². The zero-order valence-corrected chi connectivity index (χ0v) is 32.3. The Morgan fingerprint density at radius 1 is 0.466 bits per heavy atom. The summed E-state index contributed by atoms with van der Waals surface area (Å²) < 4.78 is 8.95. The highest BCUT2D eigenvalue weighted by atomic mass is 16.3. The van der Waals surface area contributed by atoms with Crippen molar-refractivity contribution < 1.29 is 4.42 Å². The van der Waals surface area contributed by atoms with E-state index < -0.39 is 0 Å². The van der Waals surface area contributed by atoms with E-state index in [0.29, 0.717) is 0 Å². The number of anilines is 3. The summed E-state index contributed by atoms with van der Waals surface area (Å²) in [4.78, 5) is 2.48. The summed E-state index contributed by atoms with van der Waals surface area (Å²) in [7, 11) is 0. The number of hydrogen-bond acceptors (Lipinski definition) is 2. The van der Waals surface area contributed by atoms with Gasteiger partial charge in [0.15, 0.2) is 0 Å². The maximum Gasteiger partial charge on any atom is 0.143 e. The van der Waals surface area contributed by atoms with E-state index in [1.165, 1.54) is 49.4 Å². The quantitative estimate of drug-likeness (QED) is 0.175. The lowest BCUT2D eigenvalue weighted by Gasteiger charge is -2.30. The molecule has 274 valence electrons. The highest BCUT2D eigenvalue weighted by Crippen LogP contribution is 2.55. The van der Waals surface area contributed by atoms with Gasteiger partial charge in [0.25, 0.3) is 0 Å². The fourth-order valence-electron chi connectivity index (χ4n) is 9.87. The monoisotopic (exact) mass is 742 g/mol. The second-order valence-corrected chi connectivity index (χ2v) is 16.1. The van der Waals surface area contributed by atoms with Gasteiger partial charge in [-0.3, -0.25) is 0 Å². The number of benzene rings is 9. The summed E-state index contributed by atoms with van der Waals surface area (Å²) in [6.45, 7) is 4.71. The molecule has 3 nitrogen and oxygen atoms in total. The van der Waals surface area contributed by atoms with Crippen molar-refractivity contribution in [1.29, 1.82) is 0 Å². The van der Waals surface area contributed by atoms with Gasteiger partial charge in [-0.05, 0) is 94.4 Å². The van der Waals surface area contributed by atoms with Gasteiger partial charge in [0.05, 0.1) is 22.4 Å². The Morgan fingerprint density at radius 3 is 1.90 bits per heavy atom. The van der Waals surface area contributed by atoms with E-state index in [9.17, 15) is 0 Å². The van der Waals surface area contributed by atoms with Gasteiger partial charge in [-0.1, -0.05) is 141 Å². The lowest BCUT2D eigenvalue weighted by atomic mass is 9.82. The Bertz CT molecular complexity index is 3380. The molecule has 0 N–H and O–H groups in total. The Hall–Kier alpha value is -7.36. The highest BCUT2D eigenvalue weighted by molar-refractivity contribution is 6.16. The second-order valence-electron chi connectivity index (χ2n) is 16.1. The van der Waals surface area contributed by atoms with Crippen molar-refractivity contribution in [2.45, 2.75) is 19.3 Å². The average Bonchev–Trinajstić information content (AvgIpc) is 3.90. The van der Waals surface area contributed by atoms with Crippen LogP contribution in [0.25, 0.3) is 82.5 Å². The summed E-state index contributed by atoms with van der Waals surface area (Å²) in [5.41, 5.74) is 16.2. The van der Waals surface area contributed by atoms with Crippen molar-refractivity contribution in [3.05, 3.63) is 205 Å². The lowest BCUT2D eigenvalue weighted by Crippen LogP contribution is -2.16. The van der Waals surface area contributed by atoms with Crippen LogP contribution >= 0.6 is 0 Å². The molecule has 9 aromatic carbocycles. The van der Waals surface area contributed by atoms with Crippen LogP contribution in [0.1, 0.15) is 25.0 Å². The van der Waals surface area contributed by atoms with Crippen molar-refractivity contribution in [3.63, 3.8) is 0 Å². The molecule has 2 heterocycles. The maximum atomic E-state index is 6.56. The van der Waals surface area contributed by atoms with E-state index in [1.807, 2.05) is 0 Å². The normalized spacial score (nSPS) is 13.1. The summed E-state index contributed by atoms with van der Waals surface area (Å²) >= 11 is 0. The summed E-state index contributed by atoms with van der Waals surface area (Å²) in [6, 6.07) is 70.7. The lowest BCUT2D eigenvalue weighted by molar-refractivity contribution is 0.660. The molecule has 3 heteroatoms. The summed E-state index contributed by atoms with van der Waals surface area (Å²) in [5.74, 6) is 0. The van der Waals surface area contributed by atoms with Crippen molar-refractivity contribution in [2.24, 2.45) is 0 Å². The van der Waals surface area contributed by atoms with Crippen molar-refractivity contribution in [3.8, 4) is 27.9 Å². The first-order valence-electron chi connectivity index (χ1n) is 20.1.